The van der Waals surface area contributed by atoms with Crippen LogP contribution in [-0.4, -0.2) is 46.9 Å². The molecule has 0 saturated carbocycles. The smallest absolute Gasteiger partial charge is 0.248 e. The number of hydrogen-bond acceptors (Lipinski definition) is 5. The van der Waals surface area contributed by atoms with Crippen molar-refractivity contribution in [3.8, 4) is 0 Å². The monoisotopic (exact) mass is 328 g/mol. The number of nitrogens with zero attached hydrogens (tertiary/aromatic N) is 3. The number of aryl methyl sites for hydroxylation is 1. The molecule has 2 N–H and O–H groups in total. The molecule has 0 bridgehead atoms. The Balaban J connectivity index is 1.55. The third-order valence-corrected chi connectivity index (χ3v) is 4.54. The molecule has 1 unspecified atom stereocenters. The molecule has 128 valence electrons. The SMILES string of the molecule is Cc1cnc(CN(C)C2CCN(Cc3cccc(C(N)=O)c3)C2)o1. The van der Waals surface area contributed by atoms with E-state index in [9.17, 15) is 4.79 Å². The largest absolute Gasteiger partial charge is 0.445 e. The first kappa shape index (κ1) is 16.7. The summed E-state index contributed by atoms with van der Waals surface area (Å²) in [7, 11) is 2.11. The summed E-state index contributed by atoms with van der Waals surface area (Å²) in [6, 6.07) is 8.05. The van der Waals surface area contributed by atoms with Gasteiger partial charge in [-0.05, 0) is 38.1 Å². The number of oxazole rings is 1. The highest BCUT2D eigenvalue weighted by Crippen LogP contribution is 2.19. The van der Waals surface area contributed by atoms with Gasteiger partial charge >= 0.3 is 0 Å². The van der Waals surface area contributed by atoms with Crippen LogP contribution < -0.4 is 5.73 Å². The first-order valence-corrected chi connectivity index (χ1v) is 8.24. The normalized spacial score (nSPS) is 18.4. The van der Waals surface area contributed by atoms with Gasteiger partial charge in [0.05, 0.1) is 12.7 Å². The van der Waals surface area contributed by atoms with Gasteiger partial charge in [0.2, 0.25) is 11.8 Å². The van der Waals surface area contributed by atoms with Crippen molar-refractivity contribution in [2.75, 3.05) is 20.1 Å². The number of benzene rings is 1. The average molecular weight is 328 g/mol. The minimum Gasteiger partial charge on any atom is -0.445 e. The van der Waals surface area contributed by atoms with E-state index in [0.717, 1.165) is 49.8 Å². The number of carbonyl (C=O) groups is 1. The van der Waals surface area contributed by atoms with Crippen molar-refractivity contribution < 1.29 is 9.21 Å². The van der Waals surface area contributed by atoms with E-state index in [-0.39, 0.29) is 5.91 Å². The van der Waals surface area contributed by atoms with E-state index in [2.05, 4.69) is 21.8 Å². The number of hydrogen-bond donors (Lipinski definition) is 1. The van der Waals surface area contributed by atoms with E-state index in [4.69, 9.17) is 10.2 Å². The molecule has 24 heavy (non-hydrogen) atoms. The van der Waals surface area contributed by atoms with Gasteiger partial charge in [0.25, 0.3) is 0 Å². The highest BCUT2D eigenvalue weighted by molar-refractivity contribution is 5.92. The Labute approximate surface area is 142 Å². The van der Waals surface area contributed by atoms with E-state index in [1.54, 1.807) is 12.3 Å². The van der Waals surface area contributed by atoms with Crippen molar-refractivity contribution in [3.63, 3.8) is 0 Å². The maximum Gasteiger partial charge on any atom is 0.248 e. The predicted octanol–water partition coefficient (Wildman–Crippen LogP) is 1.79. The molecule has 0 aliphatic carbocycles. The van der Waals surface area contributed by atoms with Crippen molar-refractivity contribution in [2.24, 2.45) is 5.73 Å². The zero-order valence-electron chi connectivity index (χ0n) is 14.2. The average Bonchev–Trinajstić information content (AvgIpc) is 3.17. The predicted molar refractivity (Wildman–Crippen MR) is 91.3 cm³/mol. The number of primary amides is 1. The van der Waals surface area contributed by atoms with Gasteiger partial charge in [-0.25, -0.2) is 4.98 Å². The summed E-state index contributed by atoms with van der Waals surface area (Å²) in [4.78, 5) is 20.3. The van der Waals surface area contributed by atoms with Crippen LogP contribution in [0.3, 0.4) is 0 Å². The molecular formula is C18H24N4O2. The van der Waals surface area contributed by atoms with Gasteiger partial charge in [-0.1, -0.05) is 12.1 Å². The Hall–Kier alpha value is -2.18. The molecule has 1 aromatic carbocycles. The topological polar surface area (TPSA) is 75.6 Å². The molecule has 2 aromatic rings. The minimum atomic E-state index is -0.378. The zero-order valence-corrected chi connectivity index (χ0v) is 14.2. The van der Waals surface area contributed by atoms with Gasteiger partial charge < -0.3 is 10.2 Å². The number of carbonyl (C=O) groups excluding carboxylic acids is 1. The Kier molecular flexibility index (Phi) is 4.97. The van der Waals surface area contributed by atoms with Gasteiger partial charge in [0, 0.05) is 31.2 Å². The molecule has 1 aliphatic rings. The third kappa shape index (κ3) is 4.01. The van der Waals surface area contributed by atoms with Crippen LogP contribution in [0.25, 0.3) is 0 Å². The summed E-state index contributed by atoms with van der Waals surface area (Å²) in [6.07, 6.45) is 2.88. The van der Waals surface area contributed by atoms with Gasteiger partial charge in [-0.15, -0.1) is 0 Å². The van der Waals surface area contributed by atoms with Crippen LogP contribution in [-0.2, 0) is 13.1 Å². The maximum atomic E-state index is 11.3. The summed E-state index contributed by atoms with van der Waals surface area (Å²) >= 11 is 0. The van der Waals surface area contributed by atoms with Crippen molar-refractivity contribution >= 4 is 5.91 Å². The molecule has 1 aliphatic heterocycles. The molecule has 1 aromatic heterocycles. The molecule has 3 rings (SSSR count). The van der Waals surface area contributed by atoms with Gasteiger partial charge in [-0.3, -0.25) is 14.6 Å². The van der Waals surface area contributed by atoms with Crippen molar-refractivity contribution in [1.29, 1.82) is 0 Å². The lowest BCUT2D eigenvalue weighted by atomic mass is 10.1. The molecule has 0 spiro atoms. The van der Waals surface area contributed by atoms with Crippen LogP contribution in [0.1, 0.15) is 34.0 Å². The number of rotatable bonds is 6. The fourth-order valence-corrected chi connectivity index (χ4v) is 3.21. The van der Waals surface area contributed by atoms with E-state index in [1.807, 2.05) is 25.1 Å². The second kappa shape index (κ2) is 7.15. The molecule has 1 amide bonds. The minimum absolute atomic E-state index is 0.378. The van der Waals surface area contributed by atoms with Crippen LogP contribution in [0, 0.1) is 6.92 Å². The molecular weight excluding hydrogens is 304 g/mol. The lowest BCUT2D eigenvalue weighted by Gasteiger charge is -2.23. The number of likely N-dealkylation sites (tertiary alicyclic amines) is 1. The van der Waals surface area contributed by atoms with E-state index in [1.165, 1.54) is 0 Å². The Morgan fingerprint density at radius 3 is 3.04 bits per heavy atom. The van der Waals surface area contributed by atoms with Crippen molar-refractivity contribution in [2.45, 2.75) is 32.5 Å². The second-order valence-corrected chi connectivity index (χ2v) is 6.52. The van der Waals surface area contributed by atoms with Crippen molar-refractivity contribution in [1.82, 2.24) is 14.8 Å². The fraction of sp³-hybridized carbons (Fsp3) is 0.444. The first-order valence-electron chi connectivity index (χ1n) is 8.24. The molecule has 6 nitrogen and oxygen atoms in total. The highest BCUT2D eigenvalue weighted by Gasteiger charge is 2.26. The number of amides is 1. The van der Waals surface area contributed by atoms with Gasteiger partial charge in [0.1, 0.15) is 5.76 Å². The third-order valence-electron chi connectivity index (χ3n) is 4.54. The van der Waals surface area contributed by atoms with Crippen LogP contribution in [0.4, 0.5) is 0 Å². The van der Waals surface area contributed by atoms with Crippen LogP contribution in [0.15, 0.2) is 34.9 Å². The van der Waals surface area contributed by atoms with E-state index in [0.29, 0.717) is 11.6 Å². The van der Waals surface area contributed by atoms with E-state index >= 15 is 0 Å². The Bertz CT molecular complexity index is 713. The van der Waals surface area contributed by atoms with Gasteiger partial charge in [-0.2, -0.15) is 0 Å². The lowest BCUT2D eigenvalue weighted by molar-refractivity contribution is 0.1000. The van der Waals surface area contributed by atoms with Crippen molar-refractivity contribution in [3.05, 3.63) is 53.2 Å². The summed E-state index contributed by atoms with van der Waals surface area (Å²) in [5.41, 5.74) is 7.05. The van der Waals surface area contributed by atoms with E-state index < -0.39 is 0 Å². The summed E-state index contributed by atoms with van der Waals surface area (Å²) < 4.78 is 5.56. The Morgan fingerprint density at radius 2 is 2.33 bits per heavy atom. The Morgan fingerprint density at radius 1 is 1.50 bits per heavy atom. The van der Waals surface area contributed by atoms with Crippen LogP contribution >= 0.6 is 0 Å². The fourth-order valence-electron chi connectivity index (χ4n) is 3.21. The first-order chi connectivity index (χ1) is 11.5. The highest BCUT2D eigenvalue weighted by atomic mass is 16.4. The molecule has 1 saturated heterocycles. The standard InChI is InChI=1S/C18H24N4O2/c1-13-9-20-17(24-13)12-21(2)16-6-7-22(11-16)10-14-4-3-5-15(8-14)18(19)23/h3-5,8-9,16H,6-7,10-12H2,1-2H3,(H2,19,23). The maximum absolute atomic E-state index is 11.3. The quantitative estimate of drug-likeness (QED) is 0.875. The molecule has 0 radical (unpaired) electrons. The lowest BCUT2D eigenvalue weighted by Crippen LogP contribution is -2.34. The molecule has 6 heteroatoms. The second-order valence-electron chi connectivity index (χ2n) is 6.52. The molecule has 1 atom stereocenters. The zero-order chi connectivity index (χ0) is 17.1. The summed E-state index contributed by atoms with van der Waals surface area (Å²) in [5, 5.41) is 0. The number of likely N-dealkylation sites (N-methyl/N-ethyl adjacent to an activating group) is 1. The summed E-state index contributed by atoms with van der Waals surface area (Å²) in [6.45, 7) is 5.51. The molecule has 2 heterocycles. The van der Waals surface area contributed by atoms with Crippen LogP contribution in [0.5, 0.6) is 0 Å². The number of nitrogens with two attached hydrogens (primary N) is 1. The van der Waals surface area contributed by atoms with Crippen LogP contribution in [0.2, 0.25) is 0 Å². The molecule has 1 fully saturated rings. The summed E-state index contributed by atoms with van der Waals surface area (Å²) in [5.74, 6) is 1.24. The number of aromatic nitrogens is 1. The van der Waals surface area contributed by atoms with Gasteiger partial charge in [0.15, 0.2) is 0 Å².